The van der Waals surface area contributed by atoms with Gasteiger partial charge in [0.05, 0.1) is 0 Å². The monoisotopic (exact) mass is 141 g/mol. The van der Waals surface area contributed by atoms with E-state index in [0.717, 1.165) is 6.54 Å². The summed E-state index contributed by atoms with van der Waals surface area (Å²) in [6.07, 6.45) is 1.32. The van der Waals surface area contributed by atoms with Gasteiger partial charge < -0.3 is 0 Å². The molecule has 1 rings (SSSR count). The number of hydrogen-bond donors (Lipinski definition) is 0. The van der Waals surface area contributed by atoms with Gasteiger partial charge in [0.15, 0.2) is 0 Å². The third-order valence-corrected chi connectivity index (χ3v) is 1.88. The van der Waals surface area contributed by atoms with Crippen LogP contribution in [0.3, 0.4) is 0 Å². The topological polar surface area (TPSA) is 6.48 Å². The molecule has 1 heterocycles. The van der Waals surface area contributed by atoms with Crippen molar-refractivity contribution in [1.82, 2.24) is 10.0 Å². The first-order valence-electron chi connectivity index (χ1n) is 3.95. The van der Waals surface area contributed by atoms with E-state index in [1.807, 2.05) is 0 Å². The highest BCUT2D eigenvalue weighted by Crippen LogP contribution is 2.10. The van der Waals surface area contributed by atoms with Crippen LogP contribution in [0.2, 0.25) is 0 Å². The molecular weight excluding hydrogens is 124 g/mol. The van der Waals surface area contributed by atoms with E-state index in [1.165, 1.54) is 25.4 Å². The molecule has 0 amide bonds. The number of hydrazine groups is 1. The van der Waals surface area contributed by atoms with Crippen LogP contribution >= 0.6 is 0 Å². The van der Waals surface area contributed by atoms with Crippen molar-refractivity contribution in [1.29, 1.82) is 0 Å². The molecule has 1 saturated heterocycles. The van der Waals surface area contributed by atoms with E-state index >= 15 is 0 Å². The Morgan fingerprint density at radius 3 is 2.40 bits per heavy atom. The van der Waals surface area contributed by atoms with Crippen LogP contribution < -0.4 is 0 Å². The molecule has 0 N–H and O–H groups in total. The molecule has 0 aliphatic carbocycles. The third-order valence-electron chi connectivity index (χ3n) is 1.88. The lowest BCUT2D eigenvalue weighted by Crippen LogP contribution is -2.35. The molecule has 10 heavy (non-hydrogen) atoms. The molecule has 0 aromatic rings. The highest BCUT2D eigenvalue weighted by Gasteiger charge is 2.17. The molecule has 0 unspecified atom stereocenters. The van der Waals surface area contributed by atoms with Crippen LogP contribution in [0.5, 0.6) is 0 Å². The first-order valence-corrected chi connectivity index (χ1v) is 3.95. The van der Waals surface area contributed by atoms with E-state index < -0.39 is 0 Å². The lowest BCUT2D eigenvalue weighted by atomic mass is 10.2. The molecule has 2 nitrogen and oxygen atoms in total. The molecule has 0 aromatic carbocycles. The minimum atomic E-state index is 1.14. The lowest BCUT2D eigenvalue weighted by Gasteiger charge is -2.25. The van der Waals surface area contributed by atoms with Crippen molar-refractivity contribution < 1.29 is 0 Å². The molecule has 0 spiro atoms. The SMILES string of the molecule is C[C](C)CN1CCCN1C. The predicted molar refractivity (Wildman–Crippen MR) is 43.4 cm³/mol. The number of hydrogen-bond acceptors (Lipinski definition) is 2. The molecule has 0 bridgehead atoms. The first kappa shape index (κ1) is 8.02. The maximum atomic E-state index is 2.40. The fourth-order valence-corrected chi connectivity index (χ4v) is 1.36. The quantitative estimate of drug-likeness (QED) is 0.569. The summed E-state index contributed by atoms with van der Waals surface area (Å²) in [5.41, 5.74) is 0. The van der Waals surface area contributed by atoms with E-state index in [2.05, 4.69) is 30.9 Å². The average Bonchev–Trinajstić information content (AvgIpc) is 2.15. The minimum absolute atomic E-state index is 1.14. The van der Waals surface area contributed by atoms with Crippen molar-refractivity contribution in [3.63, 3.8) is 0 Å². The summed E-state index contributed by atoms with van der Waals surface area (Å²) in [4.78, 5) is 0. The zero-order valence-electron chi connectivity index (χ0n) is 7.22. The normalized spacial score (nSPS) is 22.8. The molecule has 1 fully saturated rings. The molecule has 0 saturated carbocycles. The summed E-state index contributed by atoms with van der Waals surface area (Å²) < 4.78 is 0. The Morgan fingerprint density at radius 1 is 1.30 bits per heavy atom. The minimum Gasteiger partial charge on any atom is -0.245 e. The van der Waals surface area contributed by atoms with Gasteiger partial charge in [-0.05, 0) is 12.3 Å². The molecule has 1 aliphatic heterocycles. The molecule has 0 atom stereocenters. The Labute approximate surface area is 63.8 Å². The Kier molecular flexibility index (Phi) is 2.69. The summed E-state index contributed by atoms with van der Waals surface area (Å²) in [6.45, 7) is 7.98. The average molecular weight is 141 g/mol. The van der Waals surface area contributed by atoms with Gasteiger partial charge in [-0.25, -0.2) is 10.0 Å². The van der Waals surface area contributed by atoms with Gasteiger partial charge in [-0.2, -0.15) is 0 Å². The smallest absolute Gasteiger partial charge is 0.0190 e. The van der Waals surface area contributed by atoms with Crippen LogP contribution in [0, 0.1) is 5.92 Å². The molecule has 1 aliphatic rings. The highest BCUT2D eigenvalue weighted by atomic mass is 15.6. The van der Waals surface area contributed by atoms with Gasteiger partial charge in [0.1, 0.15) is 0 Å². The van der Waals surface area contributed by atoms with E-state index in [1.54, 1.807) is 0 Å². The van der Waals surface area contributed by atoms with Crippen molar-refractivity contribution in [3.8, 4) is 0 Å². The van der Waals surface area contributed by atoms with Gasteiger partial charge in [-0.1, -0.05) is 13.8 Å². The van der Waals surface area contributed by atoms with Gasteiger partial charge in [-0.3, -0.25) is 0 Å². The standard InChI is InChI=1S/C8H17N2/c1-8(2)7-10-6-4-5-9(10)3/h4-7H2,1-3H3. The van der Waals surface area contributed by atoms with E-state index in [-0.39, 0.29) is 0 Å². The van der Waals surface area contributed by atoms with Gasteiger partial charge in [0.2, 0.25) is 0 Å². The number of nitrogens with zero attached hydrogens (tertiary/aromatic N) is 2. The Morgan fingerprint density at radius 2 is 2.00 bits per heavy atom. The number of rotatable bonds is 2. The van der Waals surface area contributed by atoms with Crippen LogP contribution in [0.25, 0.3) is 0 Å². The molecular formula is C8H17N2. The molecule has 0 aromatic heterocycles. The van der Waals surface area contributed by atoms with Crippen LogP contribution in [-0.2, 0) is 0 Å². The lowest BCUT2D eigenvalue weighted by molar-refractivity contribution is 0.0618. The van der Waals surface area contributed by atoms with Crippen molar-refractivity contribution in [2.24, 2.45) is 0 Å². The van der Waals surface area contributed by atoms with Gasteiger partial charge in [-0.15, -0.1) is 0 Å². The van der Waals surface area contributed by atoms with Crippen LogP contribution in [0.4, 0.5) is 0 Å². The predicted octanol–water partition coefficient (Wildman–Crippen LogP) is 1.15. The summed E-state index contributed by atoms with van der Waals surface area (Å²) in [5.74, 6) is 1.49. The van der Waals surface area contributed by atoms with Gasteiger partial charge in [0.25, 0.3) is 0 Å². The zero-order valence-corrected chi connectivity index (χ0v) is 7.22. The zero-order chi connectivity index (χ0) is 7.56. The van der Waals surface area contributed by atoms with Crippen LogP contribution in [0.1, 0.15) is 20.3 Å². The third kappa shape index (κ3) is 1.96. The molecule has 2 heteroatoms. The van der Waals surface area contributed by atoms with Crippen molar-refractivity contribution in [2.45, 2.75) is 20.3 Å². The second-order valence-electron chi connectivity index (χ2n) is 3.33. The summed E-state index contributed by atoms with van der Waals surface area (Å²) in [6, 6.07) is 0. The second kappa shape index (κ2) is 3.35. The summed E-state index contributed by atoms with van der Waals surface area (Å²) in [5, 5.41) is 4.71. The molecule has 1 radical (unpaired) electrons. The Bertz CT molecular complexity index is 101. The Balaban J connectivity index is 2.26. The summed E-state index contributed by atoms with van der Waals surface area (Å²) >= 11 is 0. The van der Waals surface area contributed by atoms with Crippen molar-refractivity contribution in [3.05, 3.63) is 5.92 Å². The summed E-state index contributed by atoms with van der Waals surface area (Å²) in [7, 11) is 2.16. The van der Waals surface area contributed by atoms with Crippen molar-refractivity contribution >= 4 is 0 Å². The molecule has 59 valence electrons. The second-order valence-corrected chi connectivity index (χ2v) is 3.33. The van der Waals surface area contributed by atoms with Gasteiger partial charge in [0, 0.05) is 26.7 Å². The highest BCUT2D eigenvalue weighted by molar-refractivity contribution is 4.82. The van der Waals surface area contributed by atoms with E-state index in [4.69, 9.17) is 0 Å². The van der Waals surface area contributed by atoms with Crippen molar-refractivity contribution in [2.75, 3.05) is 26.7 Å². The largest absolute Gasteiger partial charge is 0.245 e. The Hall–Kier alpha value is -0.0800. The maximum absolute atomic E-state index is 2.40. The van der Waals surface area contributed by atoms with Crippen LogP contribution in [-0.4, -0.2) is 36.7 Å². The van der Waals surface area contributed by atoms with E-state index in [0.29, 0.717) is 0 Å². The maximum Gasteiger partial charge on any atom is 0.0190 e. The van der Waals surface area contributed by atoms with Gasteiger partial charge >= 0.3 is 0 Å². The fraction of sp³-hybridized carbons (Fsp3) is 0.875. The first-order chi connectivity index (χ1) is 4.70. The fourth-order valence-electron chi connectivity index (χ4n) is 1.36. The van der Waals surface area contributed by atoms with Crippen LogP contribution in [0.15, 0.2) is 0 Å². The van der Waals surface area contributed by atoms with E-state index in [9.17, 15) is 0 Å².